The van der Waals surface area contributed by atoms with Crippen molar-refractivity contribution in [2.24, 2.45) is 5.41 Å². The molecule has 0 aromatic rings. The van der Waals surface area contributed by atoms with Gasteiger partial charge in [-0.15, -0.1) is 0 Å². The summed E-state index contributed by atoms with van der Waals surface area (Å²) in [5.41, 5.74) is -0.962. The molecule has 0 bridgehead atoms. The molecule has 0 unspecified atom stereocenters. The van der Waals surface area contributed by atoms with E-state index in [9.17, 15) is 14.9 Å². The summed E-state index contributed by atoms with van der Waals surface area (Å²) in [5.74, 6) is -0.268. The normalized spacial score (nSPS) is 16.9. The van der Waals surface area contributed by atoms with Crippen LogP contribution in [-0.2, 0) is 9.59 Å². The van der Waals surface area contributed by atoms with Gasteiger partial charge >= 0.3 is 0 Å². The van der Waals surface area contributed by atoms with E-state index >= 15 is 0 Å². The highest BCUT2D eigenvalue weighted by Crippen LogP contribution is 2.28. The van der Waals surface area contributed by atoms with E-state index < -0.39 is 5.41 Å². The first-order valence-electron chi connectivity index (χ1n) is 5.95. The first-order valence-corrected chi connectivity index (χ1v) is 5.95. The third-order valence-corrected chi connectivity index (χ3v) is 3.57. The van der Waals surface area contributed by atoms with Crippen LogP contribution < -0.4 is 0 Å². The molecular weight excluding hydrogens is 218 g/mol. The molecule has 5 nitrogen and oxygen atoms in total. The highest BCUT2D eigenvalue weighted by molar-refractivity contribution is 5.90. The lowest BCUT2D eigenvalue weighted by Crippen LogP contribution is -2.54. The predicted molar refractivity (Wildman–Crippen MR) is 62.8 cm³/mol. The number of hydrogen-bond donors (Lipinski definition) is 0. The second kappa shape index (κ2) is 5.17. The smallest absolute Gasteiger partial charge is 0.243 e. The monoisotopic (exact) mass is 237 g/mol. The number of piperazine rings is 1. The number of hydrogen-bond acceptors (Lipinski definition) is 3. The van der Waals surface area contributed by atoms with Crippen molar-refractivity contribution in [1.82, 2.24) is 9.80 Å². The number of carbonyl (C=O) groups is 2. The van der Waals surface area contributed by atoms with Crippen LogP contribution in [0.4, 0.5) is 0 Å². The maximum Gasteiger partial charge on any atom is 0.243 e. The topological polar surface area (TPSA) is 64.4 Å². The first-order chi connectivity index (χ1) is 8.00. The zero-order chi connectivity index (χ0) is 13.1. The Hall–Kier alpha value is -1.57. The molecule has 0 N–H and O–H groups in total. The molecule has 1 aliphatic heterocycles. The summed E-state index contributed by atoms with van der Waals surface area (Å²) >= 11 is 0. The van der Waals surface area contributed by atoms with Crippen molar-refractivity contribution in [3.05, 3.63) is 0 Å². The summed E-state index contributed by atoms with van der Waals surface area (Å²) in [6.45, 7) is 4.83. The minimum absolute atomic E-state index is 0.0661. The first kappa shape index (κ1) is 13.5. The van der Waals surface area contributed by atoms with E-state index in [2.05, 4.69) is 6.07 Å². The van der Waals surface area contributed by atoms with Gasteiger partial charge in [0.1, 0.15) is 5.41 Å². The second-order valence-corrected chi connectivity index (χ2v) is 4.44. The van der Waals surface area contributed by atoms with Crippen LogP contribution >= 0.6 is 0 Å². The fraction of sp³-hybridized carbons (Fsp3) is 0.750. The molecule has 5 heteroatoms. The zero-order valence-corrected chi connectivity index (χ0v) is 10.7. The average Bonchev–Trinajstić information content (AvgIpc) is 2.35. The molecule has 1 saturated heterocycles. The number of likely N-dealkylation sites (N-methyl/N-ethyl adjacent to an activating group) is 1. The fourth-order valence-electron chi connectivity index (χ4n) is 1.99. The summed E-state index contributed by atoms with van der Waals surface area (Å²) in [7, 11) is 1.72. The lowest BCUT2D eigenvalue weighted by molar-refractivity contribution is -0.149. The minimum Gasteiger partial charge on any atom is -0.342 e. The summed E-state index contributed by atoms with van der Waals surface area (Å²) in [6.07, 6.45) is 0.971. The van der Waals surface area contributed by atoms with Gasteiger partial charge in [0.2, 0.25) is 11.8 Å². The molecule has 1 aliphatic rings. The lowest BCUT2D eigenvalue weighted by atomic mass is 9.82. The third kappa shape index (κ3) is 2.41. The van der Waals surface area contributed by atoms with E-state index in [4.69, 9.17) is 0 Å². The second-order valence-electron chi connectivity index (χ2n) is 4.44. The van der Waals surface area contributed by atoms with Crippen molar-refractivity contribution < 1.29 is 9.59 Å². The Balaban J connectivity index is 2.83. The summed E-state index contributed by atoms with van der Waals surface area (Å²) in [4.78, 5) is 27.0. The molecule has 2 amide bonds. The number of amides is 2. The Labute approximate surface area is 102 Å². The third-order valence-electron chi connectivity index (χ3n) is 3.57. The van der Waals surface area contributed by atoms with Gasteiger partial charge in [-0.1, -0.05) is 13.8 Å². The van der Waals surface area contributed by atoms with Gasteiger partial charge < -0.3 is 9.80 Å². The van der Waals surface area contributed by atoms with E-state index in [0.29, 0.717) is 25.9 Å². The number of nitriles is 1. The van der Waals surface area contributed by atoms with Crippen molar-refractivity contribution in [3.8, 4) is 6.07 Å². The molecule has 0 radical (unpaired) electrons. The Kier molecular flexibility index (Phi) is 4.11. The van der Waals surface area contributed by atoms with Crippen LogP contribution in [0.2, 0.25) is 0 Å². The maximum absolute atomic E-state index is 12.3. The molecule has 0 spiro atoms. The van der Waals surface area contributed by atoms with Crippen LogP contribution in [0, 0.1) is 16.7 Å². The van der Waals surface area contributed by atoms with Gasteiger partial charge in [0, 0.05) is 20.1 Å². The lowest BCUT2D eigenvalue weighted by Gasteiger charge is -2.36. The van der Waals surface area contributed by atoms with Crippen LogP contribution in [0.15, 0.2) is 0 Å². The SMILES string of the molecule is CCC(C#N)(CC)C(=O)N1CCN(C)C(=O)C1. The molecule has 94 valence electrons. The summed E-state index contributed by atoms with van der Waals surface area (Å²) in [5, 5.41) is 9.20. The largest absolute Gasteiger partial charge is 0.342 e. The van der Waals surface area contributed by atoms with Crippen molar-refractivity contribution in [3.63, 3.8) is 0 Å². The van der Waals surface area contributed by atoms with Crippen molar-refractivity contribution >= 4 is 11.8 Å². The highest BCUT2D eigenvalue weighted by Gasteiger charge is 2.40. The van der Waals surface area contributed by atoms with Gasteiger partial charge in [0.25, 0.3) is 0 Å². The van der Waals surface area contributed by atoms with E-state index in [-0.39, 0.29) is 18.4 Å². The molecule has 0 aliphatic carbocycles. The molecule has 0 aromatic carbocycles. The predicted octanol–water partition coefficient (Wildman–Crippen LogP) is 0.617. The maximum atomic E-state index is 12.3. The molecule has 1 heterocycles. The van der Waals surface area contributed by atoms with Crippen LogP contribution in [0.5, 0.6) is 0 Å². The van der Waals surface area contributed by atoms with Gasteiger partial charge in [0.05, 0.1) is 12.6 Å². The Morgan fingerprint density at radius 1 is 1.41 bits per heavy atom. The van der Waals surface area contributed by atoms with E-state index in [1.165, 1.54) is 4.90 Å². The van der Waals surface area contributed by atoms with Gasteiger partial charge in [-0.3, -0.25) is 9.59 Å². The Morgan fingerprint density at radius 2 is 2.00 bits per heavy atom. The number of carbonyl (C=O) groups excluding carboxylic acids is 2. The number of rotatable bonds is 3. The molecular formula is C12H19N3O2. The van der Waals surface area contributed by atoms with Crippen LogP contribution in [0.1, 0.15) is 26.7 Å². The molecule has 0 aromatic heterocycles. The van der Waals surface area contributed by atoms with Crippen LogP contribution in [-0.4, -0.2) is 48.3 Å². The standard InChI is InChI=1S/C12H19N3O2/c1-4-12(5-2,9-13)11(17)15-7-6-14(3)10(16)8-15/h4-8H2,1-3H3. The average molecular weight is 237 g/mol. The van der Waals surface area contributed by atoms with E-state index in [0.717, 1.165) is 0 Å². The highest BCUT2D eigenvalue weighted by atomic mass is 16.2. The molecule has 0 atom stereocenters. The molecule has 17 heavy (non-hydrogen) atoms. The van der Waals surface area contributed by atoms with Gasteiger partial charge in [-0.2, -0.15) is 5.26 Å². The van der Waals surface area contributed by atoms with Crippen molar-refractivity contribution in [2.45, 2.75) is 26.7 Å². The fourth-order valence-corrected chi connectivity index (χ4v) is 1.99. The summed E-state index contributed by atoms with van der Waals surface area (Å²) < 4.78 is 0. The Bertz CT molecular complexity index is 355. The molecule has 1 rings (SSSR count). The van der Waals surface area contributed by atoms with Gasteiger partial charge in [0.15, 0.2) is 0 Å². The van der Waals surface area contributed by atoms with Crippen LogP contribution in [0.3, 0.4) is 0 Å². The zero-order valence-electron chi connectivity index (χ0n) is 10.7. The van der Waals surface area contributed by atoms with Crippen molar-refractivity contribution in [1.29, 1.82) is 5.26 Å². The summed E-state index contributed by atoms with van der Waals surface area (Å²) in [6, 6.07) is 2.12. The Morgan fingerprint density at radius 3 is 2.41 bits per heavy atom. The molecule has 1 fully saturated rings. The van der Waals surface area contributed by atoms with Gasteiger partial charge in [-0.05, 0) is 12.8 Å². The van der Waals surface area contributed by atoms with E-state index in [1.807, 2.05) is 13.8 Å². The van der Waals surface area contributed by atoms with Gasteiger partial charge in [-0.25, -0.2) is 0 Å². The molecule has 0 saturated carbocycles. The minimum atomic E-state index is -0.962. The van der Waals surface area contributed by atoms with E-state index in [1.54, 1.807) is 11.9 Å². The van der Waals surface area contributed by atoms with Crippen molar-refractivity contribution in [2.75, 3.05) is 26.7 Å². The number of nitrogens with zero attached hydrogens (tertiary/aromatic N) is 3. The quantitative estimate of drug-likeness (QED) is 0.722. The van der Waals surface area contributed by atoms with Crippen LogP contribution in [0.25, 0.3) is 0 Å².